The Morgan fingerprint density at radius 2 is 1.85 bits per heavy atom. The van der Waals surface area contributed by atoms with Crippen LogP contribution in [0.4, 0.5) is 0 Å². The predicted molar refractivity (Wildman–Crippen MR) is 105 cm³/mol. The molecule has 2 saturated heterocycles. The summed E-state index contributed by atoms with van der Waals surface area (Å²) < 4.78 is 2.07. The van der Waals surface area contributed by atoms with E-state index in [0.717, 1.165) is 68.8 Å². The van der Waals surface area contributed by atoms with E-state index in [0.29, 0.717) is 12.2 Å². The standard InChI is InChI=1S/C21H30N4O2/c1-16-6-13-25-18(15-23-11-7-17(26)8-12-23)20(22-19(25)14-16)21(27)24-9-4-2-3-5-10-24/h6,13-14,17,26H,2-5,7-12,15H2,1H3. The minimum absolute atomic E-state index is 0.0743. The molecule has 1 amide bonds. The third-order valence-electron chi connectivity index (χ3n) is 5.91. The highest BCUT2D eigenvalue weighted by molar-refractivity contribution is 5.94. The number of rotatable bonds is 3. The second kappa shape index (κ2) is 7.98. The summed E-state index contributed by atoms with van der Waals surface area (Å²) in [7, 11) is 0. The number of pyridine rings is 1. The van der Waals surface area contributed by atoms with Crippen LogP contribution in [0.3, 0.4) is 0 Å². The predicted octanol–water partition coefficient (Wildman–Crippen LogP) is 2.62. The minimum atomic E-state index is -0.190. The molecule has 27 heavy (non-hydrogen) atoms. The van der Waals surface area contributed by atoms with Gasteiger partial charge in [0.05, 0.1) is 11.8 Å². The van der Waals surface area contributed by atoms with E-state index < -0.39 is 0 Å². The summed E-state index contributed by atoms with van der Waals surface area (Å²) >= 11 is 0. The van der Waals surface area contributed by atoms with Crippen molar-refractivity contribution in [3.8, 4) is 0 Å². The monoisotopic (exact) mass is 370 g/mol. The summed E-state index contributed by atoms with van der Waals surface area (Å²) in [6.45, 7) is 6.14. The molecule has 0 radical (unpaired) electrons. The Labute approximate surface area is 160 Å². The molecular weight excluding hydrogens is 340 g/mol. The minimum Gasteiger partial charge on any atom is -0.393 e. The lowest BCUT2D eigenvalue weighted by atomic mass is 10.1. The zero-order chi connectivity index (χ0) is 18.8. The van der Waals surface area contributed by atoms with Crippen molar-refractivity contribution in [2.75, 3.05) is 26.2 Å². The van der Waals surface area contributed by atoms with E-state index in [2.05, 4.69) is 22.3 Å². The summed E-state index contributed by atoms with van der Waals surface area (Å²) in [5, 5.41) is 9.79. The lowest BCUT2D eigenvalue weighted by Crippen LogP contribution is -2.37. The third kappa shape index (κ3) is 4.01. The fourth-order valence-corrected chi connectivity index (χ4v) is 4.23. The molecular formula is C21H30N4O2. The van der Waals surface area contributed by atoms with Crippen LogP contribution in [0.1, 0.15) is 60.3 Å². The maximum atomic E-state index is 13.3. The Morgan fingerprint density at radius 1 is 1.15 bits per heavy atom. The number of imidazole rings is 1. The molecule has 6 nitrogen and oxygen atoms in total. The molecule has 2 aliphatic heterocycles. The smallest absolute Gasteiger partial charge is 0.274 e. The van der Waals surface area contributed by atoms with E-state index in [9.17, 15) is 9.90 Å². The highest BCUT2D eigenvalue weighted by atomic mass is 16.3. The Balaban J connectivity index is 1.66. The van der Waals surface area contributed by atoms with Crippen molar-refractivity contribution in [3.05, 3.63) is 35.3 Å². The molecule has 4 heterocycles. The van der Waals surface area contributed by atoms with Gasteiger partial charge in [-0.1, -0.05) is 12.8 Å². The lowest BCUT2D eigenvalue weighted by molar-refractivity contribution is 0.0730. The van der Waals surface area contributed by atoms with Gasteiger partial charge in [-0.15, -0.1) is 0 Å². The molecule has 2 aliphatic rings. The molecule has 2 aromatic heterocycles. The van der Waals surface area contributed by atoms with Gasteiger partial charge in [0.25, 0.3) is 5.91 Å². The molecule has 0 spiro atoms. The second-order valence-corrected chi connectivity index (χ2v) is 8.05. The molecule has 2 fully saturated rings. The van der Waals surface area contributed by atoms with Gasteiger partial charge in [-0.05, 0) is 50.3 Å². The third-order valence-corrected chi connectivity index (χ3v) is 5.91. The van der Waals surface area contributed by atoms with Crippen LogP contribution in [0.5, 0.6) is 0 Å². The van der Waals surface area contributed by atoms with E-state index in [1.54, 1.807) is 0 Å². The zero-order valence-electron chi connectivity index (χ0n) is 16.2. The Kier molecular flexibility index (Phi) is 5.45. The number of hydrogen-bond acceptors (Lipinski definition) is 4. The summed E-state index contributed by atoms with van der Waals surface area (Å²) in [5.74, 6) is 0.0743. The maximum absolute atomic E-state index is 13.3. The molecule has 4 rings (SSSR count). The van der Waals surface area contributed by atoms with Crippen molar-refractivity contribution < 1.29 is 9.90 Å². The topological polar surface area (TPSA) is 61.1 Å². The van der Waals surface area contributed by atoms with Crippen LogP contribution >= 0.6 is 0 Å². The van der Waals surface area contributed by atoms with Gasteiger partial charge in [-0.2, -0.15) is 0 Å². The molecule has 6 heteroatoms. The Bertz CT molecular complexity index is 800. The number of fused-ring (bicyclic) bond motifs is 1. The molecule has 0 unspecified atom stereocenters. The Hall–Kier alpha value is -1.92. The average molecular weight is 370 g/mol. The quantitative estimate of drug-likeness (QED) is 0.902. The van der Waals surface area contributed by atoms with E-state index in [4.69, 9.17) is 4.98 Å². The number of hydrogen-bond donors (Lipinski definition) is 1. The summed E-state index contributed by atoms with van der Waals surface area (Å²) in [6, 6.07) is 4.11. The summed E-state index contributed by atoms with van der Waals surface area (Å²) in [4.78, 5) is 22.4. The van der Waals surface area contributed by atoms with Crippen LogP contribution in [0, 0.1) is 6.92 Å². The molecule has 0 atom stereocenters. The number of piperidine rings is 1. The first kappa shape index (κ1) is 18.4. The molecule has 0 bridgehead atoms. The molecule has 0 aliphatic carbocycles. The van der Waals surface area contributed by atoms with E-state index in [-0.39, 0.29) is 12.0 Å². The van der Waals surface area contributed by atoms with Crippen molar-refractivity contribution in [1.82, 2.24) is 19.2 Å². The maximum Gasteiger partial charge on any atom is 0.274 e. The fraction of sp³-hybridized carbons (Fsp3) is 0.619. The number of nitrogens with zero attached hydrogens (tertiary/aromatic N) is 4. The van der Waals surface area contributed by atoms with Crippen LogP contribution in [0.15, 0.2) is 18.3 Å². The highest BCUT2D eigenvalue weighted by Crippen LogP contribution is 2.22. The second-order valence-electron chi connectivity index (χ2n) is 8.05. The zero-order valence-corrected chi connectivity index (χ0v) is 16.2. The summed E-state index contributed by atoms with van der Waals surface area (Å²) in [5.41, 5.74) is 3.58. The van der Waals surface area contributed by atoms with Gasteiger partial charge in [0.1, 0.15) is 5.65 Å². The molecule has 1 N–H and O–H groups in total. The van der Waals surface area contributed by atoms with Gasteiger partial charge in [-0.3, -0.25) is 9.69 Å². The average Bonchev–Trinajstić information content (AvgIpc) is 2.84. The van der Waals surface area contributed by atoms with Crippen molar-refractivity contribution >= 4 is 11.6 Å². The number of amides is 1. The number of likely N-dealkylation sites (tertiary alicyclic amines) is 2. The van der Waals surface area contributed by atoms with Crippen LogP contribution in [-0.4, -0.2) is 62.5 Å². The normalized spacial score (nSPS) is 20.1. The van der Waals surface area contributed by atoms with Crippen molar-refractivity contribution in [3.63, 3.8) is 0 Å². The van der Waals surface area contributed by atoms with Gasteiger partial charge >= 0.3 is 0 Å². The number of carbonyl (C=O) groups is 1. The van der Waals surface area contributed by atoms with E-state index >= 15 is 0 Å². The first-order chi connectivity index (χ1) is 13.1. The SMILES string of the molecule is Cc1ccn2c(CN3CCC(O)CC3)c(C(=O)N3CCCCCC3)nc2c1. The summed E-state index contributed by atoms with van der Waals surface area (Å²) in [6.07, 6.45) is 8.01. The largest absolute Gasteiger partial charge is 0.393 e. The van der Waals surface area contributed by atoms with Crippen LogP contribution in [-0.2, 0) is 6.54 Å². The van der Waals surface area contributed by atoms with Crippen LogP contribution in [0.2, 0.25) is 0 Å². The van der Waals surface area contributed by atoms with Gasteiger partial charge in [0.15, 0.2) is 5.69 Å². The molecule has 0 saturated carbocycles. The van der Waals surface area contributed by atoms with Gasteiger partial charge in [0.2, 0.25) is 0 Å². The van der Waals surface area contributed by atoms with Gasteiger partial charge < -0.3 is 14.4 Å². The fourth-order valence-electron chi connectivity index (χ4n) is 4.23. The number of aryl methyl sites for hydroxylation is 1. The highest BCUT2D eigenvalue weighted by Gasteiger charge is 2.27. The Morgan fingerprint density at radius 3 is 2.56 bits per heavy atom. The van der Waals surface area contributed by atoms with Crippen molar-refractivity contribution in [2.24, 2.45) is 0 Å². The van der Waals surface area contributed by atoms with Crippen LogP contribution in [0.25, 0.3) is 5.65 Å². The van der Waals surface area contributed by atoms with E-state index in [1.807, 2.05) is 17.2 Å². The number of aliphatic hydroxyl groups is 1. The van der Waals surface area contributed by atoms with Gasteiger partial charge in [0, 0.05) is 38.9 Å². The lowest BCUT2D eigenvalue weighted by Gasteiger charge is -2.29. The van der Waals surface area contributed by atoms with Gasteiger partial charge in [-0.25, -0.2) is 4.98 Å². The van der Waals surface area contributed by atoms with Crippen LogP contribution < -0.4 is 0 Å². The van der Waals surface area contributed by atoms with E-state index in [1.165, 1.54) is 12.8 Å². The van der Waals surface area contributed by atoms with Crippen molar-refractivity contribution in [1.29, 1.82) is 0 Å². The first-order valence-corrected chi connectivity index (χ1v) is 10.3. The number of carbonyl (C=O) groups excluding carboxylic acids is 1. The number of aliphatic hydroxyl groups excluding tert-OH is 1. The first-order valence-electron chi connectivity index (χ1n) is 10.3. The molecule has 0 aromatic carbocycles. The molecule has 2 aromatic rings. The van der Waals surface area contributed by atoms with Crippen molar-refractivity contribution in [2.45, 2.75) is 58.1 Å². The number of aromatic nitrogens is 2. The molecule has 146 valence electrons.